The van der Waals surface area contributed by atoms with Crippen molar-refractivity contribution in [1.82, 2.24) is 9.80 Å². The van der Waals surface area contributed by atoms with Crippen LogP contribution in [0.5, 0.6) is 0 Å². The SMILES string of the molecule is CN(Cc1ccc([N+](=O)[O-])cc1)C(=O)N1C(=O)C[C@@H]1Cc1ccccc1. The highest BCUT2D eigenvalue weighted by Crippen LogP contribution is 2.25. The van der Waals surface area contributed by atoms with E-state index in [1.165, 1.54) is 21.9 Å². The summed E-state index contributed by atoms with van der Waals surface area (Å²) in [5.41, 5.74) is 1.85. The molecule has 0 saturated carbocycles. The van der Waals surface area contributed by atoms with Crippen molar-refractivity contribution in [2.75, 3.05) is 7.05 Å². The predicted octanol–water partition coefficient (Wildman–Crippen LogP) is 2.99. The fraction of sp³-hybridized carbons (Fsp3) is 0.263. The number of nitrogens with zero attached hydrogens (tertiary/aromatic N) is 3. The van der Waals surface area contributed by atoms with Crippen LogP contribution in [0.4, 0.5) is 10.5 Å². The molecule has 3 amide bonds. The summed E-state index contributed by atoms with van der Waals surface area (Å²) in [4.78, 5) is 37.6. The van der Waals surface area contributed by atoms with Gasteiger partial charge in [0, 0.05) is 32.1 Å². The van der Waals surface area contributed by atoms with Gasteiger partial charge in [-0.25, -0.2) is 4.79 Å². The standard InChI is InChI=1S/C19H19N3O4/c1-20(13-15-7-9-16(10-8-15)22(25)26)19(24)21-17(12-18(21)23)11-14-5-3-2-4-6-14/h2-10,17H,11-13H2,1H3/t17-/m0/s1. The first-order valence-electron chi connectivity index (χ1n) is 8.30. The highest BCUT2D eigenvalue weighted by molar-refractivity contribution is 5.99. The molecule has 134 valence electrons. The molecule has 1 aliphatic heterocycles. The highest BCUT2D eigenvalue weighted by atomic mass is 16.6. The molecule has 0 aromatic heterocycles. The van der Waals surface area contributed by atoms with Crippen LogP contribution in [0.15, 0.2) is 54.6 Å². The number of imide groups is 1. The number of benzene rings is 2. The van der Waals surface area contributed by atoms with E-state index in [9.17, 15) is 19.7 Å². The number of amides is 3. The lowest BCUT2D eigenvalue weighted by Gasteiger charge is -2.40. The van der Waals surface area contributed by atoms with E-state index in [4.69, 9.17) is 0 Å². The topological polar surface area (TPSA) is 83.8 Å². The third-order valence-corrected chi connectivity index (χ3v) is 4.46. The monoisotopic (exact) mass is 353 g/mol. The van der Waals surface area contributed by atoms with Gasteiger partial charge in [-0.15, -0.1) is 0 Å². The molecular weight excluding hydrogens is 334 g/mol. The number of β-lactam (4-membered cyclic amide) rings is 1. The minimum atomic E-state index is -0.467. The van der Waals surface area contributed by atoms with Crippen molar-refractivity contribution >= 4 is 17.6 Å². The Labute approximate surface area is 151 Å². The number of nitro benzene ring substituents is 1. The van der Waals surface area contributed by atoms with Crippen LogP contribution in [0.25, 0.3) is 0 Å². The second-order valence-corrected chi connectivity index (χ2v) is 6.37. The molecule has 26 heavy (non-hydrogen) atoms. The quantitative estimate of drug-likeness (QED) is 0.470. The van der Waals surface area contributed by atoms with Gasteiger partial charge in [0.15, 0.2) is 0 Å². The van der Waals surface area contributed by atoms with Crippen LogP contribution >= 0.6 is 0 Å². The average Bonchev–Trinajstić information content (AvgIpc) is 2.62. The average molecular weight is 353 g/mol. The summed E-state index contributed by atoms with van der Waals surface area (Å²) in [6, 6.07) is 15.3. The number of hydrogen-bond donors (Lipinski definition) is 0. The van der Waals surface area contributed by atoms with Crippen molar-refractivity contribution < 1.29 is 14.5 Å². The first kappa shape index (κ1) is 17.6. The summed E-state index contributed by atoms with van der Waals surface area (Å²) >= 11 is 0. The Hall–Kier alpha value is -3.22. The molecule has 2 aromatic rings. The summed E-state index contributed by atoms with van der Waals surface area (Å²) in [5.74, 6) is -0.175. The van der Waals surface area contributed by atoms with Gasteiger partial charge in [0.05, 0.1) is 11.0 Å². The Bertz CT molecular complexity index is 820. The first-order valence-corrected chi connectivity index (χ1v) is 8.30. The van der Waals surface area contributed by atoms with Gasteiger partial charge >= 0.3 is 6.03 Å². The van der Waals surface area contributed by atoms with Crippen molar-refractivity contribution in [2.45, 2.75) is 25.4 Å². The van der Waals surface area contributed by atoms with Crippen LogP contribution in [0.3, 0.4) is 0 Å². The molecule has 0 spiro atoms. The minimum absolute atomic E-state index is 0.00331. The third-order valence-electron chi connectivity index (χ3n) is 4.46. The van der Waals surface area contributed by atoms with Crippen molar-refractivity contribution in [1.29, 1.82) is 0 Å². The first-order chi connectivity index (χ1) is 12.5. The second-order valence-electron chi connectivity index (χ2n) is 6.37. The van der Waals surface area contributed by atoms with Gasteiger partial charge in [-0.3, -0.25) is 19.8 Å². The molecule has 7 heteroatoms. The molecular formula is C19H19N3O4. The second kappa shape index (κ2) is 7.35. The summed E-state index contributed by atoms with van der Waals surface area (Å²) in [6.07, 6.45) is 1.01. The molecule has 7 nitrogen and oxygen atoms in total. The molecule has 0 N–H and O–H groups in total. The van der Waals surface area contributed by atoms with E-state index < -0.39 is 4.92 Å². The zero-order valence-electron chi connectivity index (χ0n) is 14.4. The molecule has 0 bridgehead atoms. The third kappa shape index (κ3) is 3.72. The van der Waals surface area contributed by atoms with Crippen LogP contribution in [0, 0.1) is 10.1 Å². The lowest BCUT2D eigenvalue weighted by Crippen LogP contribution is -2.59. The molecule has 0 radical (unpaired) electrons. The Morgan fingerprint density at radius 1 is 1.15 bits per heavy atom. The molecule has 0 aliphatic carbocycles. The molecule has 3 rings (SSSR count). The molecule has 1 fully saturated rings. The van der Waals surface area contributed by atoms with Crippen LogP contribution in [0.2, 0.25) is 0 Å². The Kier molecular flexibility index (Phi) is 4.97. The molecule has 1 heterocycles. The summed E-state index contributed by atoms with van der Waals surface area (Å²) in [6.45, 7) is 0.276. The van der Waals surface area contributed by atoms with Crippen molar-refractivity contribution in [3.05, 3.63) is 75.8 Å². The Morgan fingerprint density at radius 2 is 1.81 bits per heavy atom. The molecule has 0 unspecified atom stereocenters. The number of urea groups is 1. The maximum Gasteiger partial charge on any atom is 0.327 e. The van der Waals surface area contributed by atoms with Gasteiger partial charge < -0.3 is 4.90 Å². The van der Waals surface area contributed by atoms with Crippen molar-refractivity contribution in [2.24, 2.45) is 0 Å². The smallest absolute Gasteiger partial charge is 0.323 e. The summed E-state index contributed by atoms with van der Waals surface area (Å²) in [7, 11) is 1.62. The van der Waals surface area contributed by atoms with Gasteiger partial charge in [-0.1, -0.05) is 42.5 Å². The molecule has 1 saturated heterocycles. The molecule has 1 aliphatic rings. The number of carbonyl (C=O) groups is 2. The number of non-ortho nitro benzene ring substituents is 1. The Morgan fingerprint density at radius 3 is 2.38 bits per heavy atom. The molecule has 2 aromatic carbocycles. The fourth-order valence-electron chi connectivity index (χ4n) is 3.04. The number of likely N-dealkylation sites (tertiary alicyclic amines) is 1. The number of carbonyl (C=O) groups excluding carboxylic acids is 2. The normalized spacial score (nSPS) is 16.1. The highest BCUT2D eigenvalue weighted by Gasteiger charge is 2.41. The van der Waals surface area contributed by atoms with E-state index in [0.29, 0.717) is 12.8 Å². The van der Waals surface area contributed by atoms with Crippen molar-refractivity contribution in [3.63, 3.8) is 0 Å². The lowest BCUT2D eigenvalue weighted by molar-refractivity contribution is -0.384. The maximum atomic E-state index is 12.6. The van der Waals surface area contributed by atoms with Crippen LogP contribution in [0.1, 0.15) is 17.5 Å². The van der Waals surface area contributed by atoms with Crippen LogP contribution in [-0.4, -0.2) is 39.8 Å². The van der Waals surface area contributed by atoms with E-state index in [1.54, 1.807) is 19.2 Å². The van der Waals surface area contributed by atoms with E-state index in [-0.39, 0.29) is 30.2 Å². The van der Waals surface area contributed by atoms with Gasteiger partial charge in [0.2, 0.25) is 5.91 Å². The van der Waals surface area contributed by atoms with Gasteiger partial charge in [-0.05, 0) is 17.5 Å². The van der Waals surface area contributed by atoms with E-state index in [1.807, 2.05) is 30.3 Å². The zero-order chi connectivity index (χ0) is 18.7. The predicted molar refractivity (Wildman–Crippen MR) is 95.4 cm³/mol. The van der Waals surface area contributed by atoms with Gasteiger partial charge in [0.25, 0.3) is 5.69 Å². The number of nitro groups is 1. The lowest BCUT2D eigenvalue weighted by atomic mass is 9.95. The summed E-state index contributed by atoms with van der Waals surface area (Å²) < 4.78 is 0. The van der Waals surface area contributed by atoms with E-state index >= 15 is 0 Å². The van der Waals surface area contributed by atoms with Crippen LogP contribution in [-0.2, 0) is 17.8 Å². The van der Waals surface area contributed by atoms with Gasteiger partial charge in [-0.2, -0.15) is 0 Å². The summed E-state index contributed by atoms with van der Waals surface area (Å²) in [5, 5.41) is 10.7. The number of rotatable bonds is 5. The largest absolute Gasteiger partial charge is 0.327 e. The Balaban J connectivity index is 1.63. The van der Waals surface area contributed by atoms with Crippen LogP contribution < -0.4 is 0 Å². The van der Waals surface area contributed by atoms with E-state index in [2.05, 4.69) is 0 Å². The molecule has 1 atom stereocenters. The zero-order valence-corrected chi connectivity index (χ0v) is 14.4. The van der Waals surface area contributed by atoms with Crippen molar-refractivity contribution in [3.8, 4) is 0 Å². The van der Waals surface area contributed by atoms with Gasteiger partial charge in [0.1, 0.15) is 0 Å². The van der Waals surface area contributed by atoms with E-state index in [0.717, 1.165) is 11.1 Å². The fourth-order valence-corrected chi connectivity index (χ4v) is 3.04. The maximum absolute atomic E-state index is 12.6. The number of hydrogen-bond acceptors (Lipinski definition) is 4. The minimum Gasteiger partial charge on any atom is -0.323 e.